The fraction of sp³-hybridized carbons (Fsp3) is 0.0769. The van der Waals surface area contributed by atoms with Gasteiger partial charge in [0, 0.05) is 17.2 Å². The Labute approximate surface area is 93.7 Å². The number of hydrogen-bond acceptors (Lipinski definition) is 3. The molecule has 0 spiro atoms. The second kappa shape index (κ2) is 4.57. The zero-order chi connectivity index (χ0) is 11.4. The Bertz CT molecular complexity index is 509. The highest BCUT2D eigenvalue weighted by Crippen LogP contribution is 2.20. The Morgan fingerprint density at radius 3 is 2.75 bits per heavy atom. The Hall–Kier alpha value is -2.16. The van der Waals surface area contributed by atoms with Gasteiger partial charge in [0.1, 0.15) is 6.29 Å². The molecule has 3 heteroatoms. The van der Waals surface area contributed by atoms with Crippen molar-refractivity contribution in [3.05, 3.63) is 48.0 Å². The van der Waals surface area contributed by atoms with E-state index in [0.717, 1.165) is 17.5 Å². The molecule has 3 nitrogen and oxygen atoms in total. The molecule has 1 aromatic carbocycles. The predicted octanol–water partition coefficient (Wildman–Crippen LogP) is 2.57. The van der Waals surface area contributed by atoms with Gasteiger partial charge in [-0.15, -0.1) is 0 Å². The summed E-state index contributed by atoms with van der Waals surface area (Å²) >= 11 is 0. The molecule has 0 saturated carbocycles. The average molecular weight is 213 g/mol. The molecule has 0 bridgehead atoms. The molecule has 2 rings (SSSR count). The van der Waals surface area contributed by atoms with E-state index in [-0.39, 0.29) is 0 Å². The number of pyridine rings is 1. The highest BCUT2D eigenvalue weighted by molar-refractivity contribution is 5.78. The van der Waals surface area contributed by atoms with Gasteiger partial charge < -0.3 is 4.74 Å². The first-order chi connectivity index (χ1) is 7.83. The number of carbonyl (C=O) groups excluding carboxylic acids is 1. The van der Waals surface area contributed by atoms with Crippen molar-refractivity contribution in [2.75, 3.05) is 7.11 Å². The van der Waals surface area contributed by atoms with Crippen LogP contribution in [-0.2, 0) is 0 Å². The average Bonchev–Trinajstić information content (AvgIpc) is 2.39. The zero-order valence-corrected chi connectivity index (χ0v) is 8.88. The van der Waals surface area contributed by atoms with Crippen LogP contribution in [0.25, 0.3) is 11.3 Å². The second-order valence-electron chi connectivity index (χ2n) is 3.31. The molecule has 80 valence electrons. The molecule has 0 N–H and O–H groups in total. The lowest BCUT2D eigenvalue weighted by Gasteiger charge is -2.03. The van der Waals surface area contributed by atoms with Crippen molar-refractivity contribution in [1.82, 2.24) is 4.98 Å². The molecule has 1 heterocycles. The zero-order valence-electron chi connectivity index (χ0n) is 8.88. The maximum Gasteiger partial charge on any atom is 0.213 e. The minimum absolute atomic E-state index is 0.564. The van der Waals surface area contributed by atoms with Crippen LogP contribution in [0, 0.1) is 0 Å². The summed E-state index contributed by atoms with van der Waals surface area (Å²) in [5.74, 6) is 0.564. The molecule has 0 unspecified atom stereocenters. The van der Waals surface area contributed by atoms with E-state index in [4.69, 9.17) is 4.74 Å². The molecule has 0 atom stereocenters. The molecule has 0 saturated heterocycles. The van der Waals surface area contributed by atoms with E-state index in [9.17, 15) is 4.79 Å². The minimum Gasteiger partial charge on any atom is -0.481 e. The minimum atomic E-state index is 0.564. The summed E-state index contributed by atoms with van der Waals surface area (Å²) in [7, 11) is 1.58. The number of carbonyl (C=O) groups is 1. The van der Waals surface area contributed by atoms with E-state index in [1.807, 2.05) is 24.3 Å². The first-order valence-corrected chi connectivity index (χ1v) is 4.90. The molecule has 2 aromatic rings. The number of nitrogens with zero attached hydrogens (tertiary/aromatic N) is 1. The Kier molecular flexibility index (Phi) is 2.96. The van der Waals surface area contributed by atoms with Gasteiger partial charge in [-0.1, -0.05) is 24.3 Å². The van der Waals surface area contributed by atoms with Crippen LogP contribution in [0.3, 0.4) is 0 Å². The van der Waals surface area contributed by atoms with Crippen molar-refractivity contribution < 1.29 is 9.53 Å². The van der Waals surface area contributed by atoms with E-state index in [2.05, 4.69) is 4.98 Å². The van der Waals surface area contributed by atoms with Crippen LogP contribution in [0.1, 0.15) is 10.4 Å². The van der Waals surface area contributed by atoms with Crippen LogP contribution >= 0.6 is 0 Å². The lowest BCUT2D eigenvalue weighted by Crippen LogP contribution is -1.90. The van der Waals surface area contributed by atoms with Crippen LogP contribution in [0.5, 0.6) is 5.88 Å². The quantitative estimate of drug-likeness (QED) is 0.735. The SMILES string of the molecule is COc1cccc(-c2cccc(C=O)c2)n1. The number of hydrogen-bond donors (Lipinski definition) is 0. The van der Waals surface area contributed by atoms with E-state index < -0.39 is 0 Å². The molecule has 0 aliphatic rings. The lowest BCUT2D eigenvalue weighted by molar-refractivity contribution is 0.112. The maximum atomic E-state index is 10.7. The van der Waals surface area contributed by atoms with Crippen LogP contribution < -0.4 is 4.74 Å². The molecule has 0 amide bonds. The van der Waals surface area contributed by atoms with Gasteiger partial charge >= 0.3 is 0 Å². The van der Waals surface area contributed by atoms with Crippen molar-refractivity contribution in [3.8, 4) is 17.1 Å². The van der Waals surface area contributed by atoms with Crippen LogP contribution in [0.2, 0.25) is 0 Å². The molecule has 16 heavy (non-hydrogen) atoms. The van der Waals surface area contributed by atoms with Crippen molar-refractivity contribution in [2.24, 2.45) is 0 Å². The molecular formula is C13H11NO2. The summed E-state index contributed by atoms with van der Waals surface area (Å²) in [5.41, 5.74) is 2.34. The number of benzene rings is 1. The van der Waals surface area contributed by atoms with Crippen molar-refractivity contribution in [2.45, 2.75) is 0 Å². The fourth-order valence-electron chi connectivity index (χ4n) is 1.46. The second-order valence-corrected chi connectivity index (χ2v) is 3.31. The maximum absolute atomic E-state index is 10.7. The smallest absolute Gasteiger partial charge is 0.213 e. The van der Waals surface area contributed by atoms with Gasteiger partial charge in [-0.25, -0.2) is 4.98 Å². The van der Waals surface area contributed by atoms with E-state index in [0.29, 0.717) is 11.4 Å². The molecule has 0 aliphatic heterocycles. The summed E-state index contributed by atoms with van der Waals surface area (Å²) < 4.78 is 5.05. The molecule has 0 fully saturated rings. The Balaban J connectivity index is 2.45. The molecule has 1 aromatic heterocycles. The standard InChI is InChI=1S/C13H11NO2/c1-16-13-7-3-6-12(14-13)11-5-2-4-10(8-11)9-15/h2-9H,1H3. The number of aromatic nitrogens is 1. The van der Waals surface area contributed by atoms with Crippen molar-refractivity contribution in [1.29, 1.82) is 0 Å². The predicted molar refractivity (Wildman–Crippen MR) is 61.6 cm³/mol. The van der Waals surface area contributed by atoms with E-state index in [1.54, 1.807) is 25.3 Å². The van der Waals surface area contributed by atoms with Crippen LogP contribution in [-0.4, -0.2) is 18.4 Å². The Morgan fingerprint density at radius 2 is 2.00 bits per heavy atom. The number of rotatable bonds is 3. The summed E-state index contributed by atoms with van der Waals surface area (Å²) in [6.07, 6.45) is 0.823. The lowest BCUT2D eigenvalue weighted by atomic mass is 10.1. The third-order valence-electron chi connectivity index (χ3n) is 2.25. The summed E-state index contributed by atoms with van der Waals surface area (Å²) in [6, 6.07) is 12.8. The largest absolute Gasteiger partial charge is 0.481 e. The van der Waals surface area contributed by atoms with Gasteiger partial charge in [0.05, 0.1) is 12.8 Å². The van der Waals surface area contributed by atoms with E-state index >= 15 is 0 Å². The van der Waals surface area contributed by atoms with Gasteiger partial charge in [-0.2, -0.15) is 0 Å². The third-order valence-corrected chi connectivity index (χ3v) is 2.25. The van der Waals surface area contributed by atoms with Crippen molar-refractivity contribution in [3.63, 3.8) is 0 Å². The third kappa shape index (κ3) is 2.08. The Morgan fingerprint density at radius 1 is 1.19 bits per heavy atom. The first kappa shape index (κ1) is 10.4. The summed E-state index contributed by atoms with van der Waals surface area (Å²) in [5, 5.41) is 0. The summed E-state index contributed by atoms with van der Waals surface area (Å²) in [4.78, 5) is 15.0. The van der Waals surface area contributed by atoms with Crippen LogP contribution in [0.4, 0.5) is 0 Å². The summed E-state index contributed by atoms with van der Waals surface area (Å²) in [6.45, 7) is 0. The fourth-order valence-corrected chi connectivity index (χ4v) is 1.46. The number of methoxy groups -OCH3 is 1. The van der Waals surface area contributed by atoms with E-state index in [1.165, 1.54) is 0 Å². The van der Waals surface area contributed by atoms with Crippen molar-refractivity contribution >= 4 is 6.29 Å². The molecule has 0 radical (unpaired) electrons. The molecular weight excluding hydrogens is 202 g/mol. The number of aldehydes is 1. The first-order valence-electron chi connectivity index (χ1n) is 4.90. The van der Waals surface area contributed by atoms with Gasteiger partial charge in [0.25, 0.3) is 0 Å². The topological polar surface area (TPSA) is 39.2 Å². The van der Waals surface area contributed by atoms with Crippen LogP contribution in [0.15, 0.2) is 42.5 Å². The number of ether oxygens (including phenoxy) is 1. The monoisotopic (exact) mass is 213 g/mol. The van der Waals surface area contributed by atoms with Gasteiger partial charge in [0.15, 0.2) is 0 Å². The molecule has 0 aliphatic carbocycles. The van der Waals surface area contributed by atoms with Gasteiger partial charge in [-0.3, -0.25) is 4.79 Å². The normalized spacial score (nSPS) is 9.81. The highest BCUT2D eigenvalue weighted by Gasteiger charge is 2.01. The highest BCUT2D eigenvalue weighted by atomic mass is 16.5. The van der Waals surface area contributed by atoms with Gasteiger partial charge in [-0.05, 0) is 12.1 Å². The van der Waals surface area contributed by atoms with Gasteiger partial charge in [0.2, 0.25) is 5.88 Å².